The van der Waals surface area contributed by atoms with E-state index in [-0.39, 0.29) is 9.76 Å². The fourth-order valence-corrected chi connectivity index (χ4v) is 0.577. The Morgan fingerprint density at radius 2 is 2.33 bits per heavy atom. The summed E-state index contributed by atoms with van der Waals surface area (Å²) in [5, 5.41) is 0. The van der Waals surface area contributed by atoms with E-state index in [1.807, 2.05) is 13.0 Å². The minimum Gasteiger partial charge on any atom is -0.422 e. The van der Waals surface area contributed by atoms with Crippen LogP contribution in [0, 0.1) is 0 Å². The van der Waals surface area contributed by atoms with E-state index in [2.05, 4.69) is 5.70 Å². The minimum atomic E-state index is -0.259. The van der Waals surface area contributed by atoms with Crippen molar-refractivity contribution in [1.82, 2.24) is 0 Å². The van der Waals surface area contributed by atoms with Gasteiger partial charge < -0.3 is 4.43 Å². The summed E-state index contributed by atoms with van der Waals surface area (Å²) in [5.41, 5.74) is 2.10. The maximum atomic E-state index is 4.83. The molecule has 0 saturated carbocycles. The molecule has 0 amide bonds. The highest BCUT2D eigenvalue weighted by Crippen LogP contribution is 1.64. The summed E-state index contributed by atoms with van der Waals surface area (Å²) in [5.74, 6) is 0. The van der Waals surface area contributed by atoms with Crippen LogP contribution in [0.4, 0.5) is 0 Å². The average Bonchev–Trinajstić information content (AvgIpc) is 1.61. The normalized spacial score (nSPS) is 12.3. The summed E-state index contributed by atoms with van der Waals surface area (Å²) >= 11 is 0. The fourth-order valence-electron chi connectivity index (χ4n) is 0.192. The van der Waals surface area contributed by atoms with Gasteiger partial charge in [0.25, 0.3) is 0 Å². The maximum absolute atomic E-state index is 4.83. The number of allylic oxidation sites excluding steroid dienone is 1. The predicted molar refractivity (Wildman–Crippen MR) is 30.4 cm³/mol. The maximum Gasteiger partial charge on any atom is 0.184 e. The highest BCUT2D eigenvalue weighted by Gasteiger charge is 1.65. The molecule has 0 aliphatic rings. The van der Waals surface area contributed by atoms with E-state index in [0.29, 0.717) is 0 Å². The molecule has 0 aromatic rings. The topological polar surface area (TPSA) is 9.23 Å². The van der Waals surface area contributed by atoms with Crippen molar-refractivity contribution in [2.75, 3.05) is 7.11 Å². The molecule has 0 aromatic carbocycles. The van der Waals surface area contributed by atoms with Crippen molar-refractivity contribution in [3.8, 4) is 0 Å². The Morgan fingerprint density at radius 3 is 2.50 bits per heavy atom. The number of hydrogen-bond acceptors (Lipinski definition) is 1. The first-order valence-electron chi connectivity index (χ1n) is 2.02. The first kappa shape index (κ1) is 5.92. The van der Waals surface area contributed by atoms with Crippen LogP contribution < -0.4 is 0 Å². The van der Waals surface area contributed by atoms with E-state index in [0.717, 1.165) is 0 Å². The molecule has 0 aromatic heterocycles. The molecular formula is C4H10OSi. The van der Waals surface area contributed by atoms with E-state index in [9.17, 15) is 0 Å². The van der Waals surface area contributed by atoms with Crippen LogP contribution in [0.15, 0.2) is 11.8 Å². The molecule has 0 bridgehead atoms. The number of rotatable bonds is 2. The second kappa shape index (κ2) is 4.92. The molecule has 2 heteroatoms. The lowest BCUT2D eigenvalue weighted by Gasteiger charge is -1.80. The van der Waals surface area contributed by atoms with Crippen LogP contribution in [-0.2, 0) is 4.43 Å². The standard InChI is InChI=1S/C4H10OSi/c1-3-4-6-5-2/h3-4H,6H2,1-2H3/b4-3+. The third-order valence-electron chi connectivity index (χ3n) is 0.499. The van der Waals surface area contributed by atoms with Crippen LogP contribution in [0.1, 0.15) is 6.92 Å². The molecule has 0 fully saturated rings. The fraction of sp³-hybridized carbons (Fsp3) is 0.500. The van der Waals surface area contributed by atoms with Crippen molar-refractivity contribution >= 4 is 9.76 Å². The lowest BCUT2D eigenvalue weighted by molar-refractivity contribution is 0.449. The second-order valence-electron chi connectivity index (χ2n) is 1.02. The van der Waals surface area contributed by atoms with E-state index in [4.69, 9.17) is 4.43 Å². The Kier molecular flexibility index (Phi) is 4.85. The van der Waals surface area contributed by atoms with Gasteiger partial charge in [0.05, 0.1) is 0 Å². The van der Waals surface area contributed by atoms with Gasteiger partial charge >= 0.3 is 0 Å². The first-order chi connectivity index (χ1) is 2.91. The Labute approximate surface area is 41.0 Å². The molecule has 0 unspecified atom stereocenters. The Hall–Kier alpha value is -0.0831. The minimum absolute atomic E-state index is 0.259. The van der Waals surface area contributed by atoms with Gasteiger partial charge in [-0.2, -0.15) is 0 Å². The molecule has 0 heterocycles. The number of hydrogen-bond donors (Lipinski definition) is 0. The molecule has 0 N–H and O–H groups in total. The van der Waals surface area contributed by atoms with Gasteiger partial charge in [0.15, 0.2) is 9.76 Å². The summed E-state index contributed by atoms with van der Waals surface area (Å²) in [7, 11) is 1.48. The van der Waals surface area contributed by atoms with Crippen molar-refractivity contribution in [3.63, 3.8) is 0 Å². The van der Waals surface area contributed by atoms with Crippen LogP contribution in [0.2, 0.25) is 0 Å². The summed E-state index contributed by atoms with van der Waals surface area (Å²) in [6, 6.07) is 0. The molecule has 0 rings (SSSR count). The van der Waals surface area contributed by atoms with Gasteiger partial charge in [-0.15, -0.1) is 0 Å². The smallest absolute Gasteiger partial charge is 0.184 e. The van der Waals surface area contributed by atoms with Crippen LogP contribution >= 0.6 is 0 Å². The molecule has 1 nitrogen and oxygen atoms in total. The third-order valence-corrected chi connectivity index (χ3v) is 1.50. The van der Waals surface area contributed by atoms with Crippen LogP contribution in [-0.4, -0.2) is 16.9 Å². The molecule has 36 valence electrons. The van der Waals surface area contributed by atoms with E-state index >= 15 is 0 Å². The summed E-state index contributed by atoms with van der Waals surface area (Å²) < 4.78 is 4.83. The monoisotopic (exact) mass is 102 g/mol. The van der Waals surface area contributed by atoms with E-state index in [1.165, 1.54) is 0 Å². The molecule has 0 spiro atoms. The van der Waals surface area contributed by atoms with Crippen molar-refractivity contribution < 1.29 is 4.43 Å². The van der Waals surface area contributed by atoms with Crippen LogP contribution in [0.25, 0.3) is 0 Å². The summed E-state index contributed by atoms with van der Waals surface area (Å²) in [4.78, 5) is 0. The summed E-state index contributed by atoms with van der Waals surface area (Å²) in [6.45, 7) is 2.01. The molecule has 0 aliphatic heterocycles. The largest absolute Gasteiger partial charge is 0.422 e. The molecule has 0 atom stereocenters. The van der Waals surface area contributed by atoms with Crippen LogP contribution in [0.5, 0.6) is 0 Å². The van der Waals surface area contributed by atoms with Gasteiger partial charge in [-0.3, -0.25) is 0 Å². The second-order valence-corrected chi connectivity index (χ2v) is 2.41. The van der Waals surface area contributed by atoms with Crippen LogP contribution in [0.3, 0.4) is 0 Å². The molecular weight excluding hydrogens is 92.1 g/mol. The van der Waals surface area contributed by atoms with Gasteiger partial charge in [0, 0.05) is 7.11 Å². The first-order valence-corrected chi connectivity index (χ1v) is 3.41. The predicted octanol–water partition coefficient (Wildman–Crippen LogP) is 0.250. The molecule has 6 heavy (non-hydrogen) atoms. The molecule has 0 radical (unpaired) electrons. The van der Waals surface area contributed by atoms with Gasteiger partial charge in [0.2, 0.25) is 0 Å². The molecule has 0 saturated heterocycles. The Balaban J connectivity index is 2.66. The van der Waals surface area contributed by atoms with E-state index in [1.54, 1.807) is 7.11 Å². The van der Waals surface area contributed by atoms with Crippen molar-refractivity contribution in [2.24, 2.45) is 0 Å². The van der Waals surface area contributed by atoms with Crippen molar-refractivity contribution in [3.05, 3.63) is 11.8 Å². The third kappa shape index (κ3) is 3.92. The Morgan fingerprint density at radius 1 is 1.67 bits per heavy atom. The van der Waals surface area contributed by atoms with Gasteiger partial charge in [0.1, 0.15) is 0 Å². The molecule has 0 aliphatic carbocycles. The highest BCUT2D eigenvalue weighted by molar-refractivity contribution is 6.34. The SMILES string of the molecule is C/C=C/[SiH2]OC. The lowest BCUT2D eigenvalue weighted by Crippen LogP contribution is -1.84. The van der Waals surface area contributed by atoms with Crippen molar-refractivity contribution in [1.29, 1.82) is 0 Å². The summed E-state index contributed by atoms with van der Waals surface area (Å²) in [6.07, 6.45) is 2.02. The zero-order valence-electron chi connectivity index (χ0n) is 4.27. The van der Waals surface area contributed by atoms with Gasteiger partial charge in [-0.05, 0) is 6.92 Å². The lowest BCUT2D eigenvalue weighted by atomic mass is 10.8. The van der Waals surface area contributed by atoms with Gasteiger partial charge in [-0.25, -0.2) is 0 Å². The highest BCUT2D eigenvalue weighted by atomic mass is 28.2. The zero-order valence-corrected chi connectivity index (χ0v) is 5.68. The van der Waals surface area contributed by atoms with Crippen molar-refractivity contribution in [2.45, 2.75) is 6.92 Å². The zero-order chi connectivity index (χ0) is 4.83. The average molecular weight is 102 g/mol. The van der Waals surface area contributed by atoms with Gasteiger partial charge in [-0.1, -0.05) is 11.8 Å². The van der Waals surface area contributed by atoms with E-state index < -0.39 is 0 Å². The Bertz CT molecular complexity index is 42.8. The quantitative estimate of drug-likeness (QED) is 0.454.